The van der Waals surface area contributed by atoms with Gasteiger partial charge in [0.05, 0.1) is 0 Å². The second kappa shape index (κ2) is 5.59. The van der Waals surface area contributed by atoms with Crippen molar-refractivity contribution in [1.29, 1.82) is 5.26 Å². The van der Waals surface area contributed by atoms with Crippen LogP contribution < -0.4 is 51.4 Å². The molecule has 0 heterocycles. The van der Waals surface area contributed by atoms with Crippen molar-refractivity contribution in [3.8, 4) is 5.97 Å². The van der Waals surface area contributed by atoms with Gasteiger partial charge in [0.15, 0.2) is 0 Å². The molecule has 0 aliphatic rings. The first kappa shape index (κ1) is 15.4. The molecule has 0 rings (SSSR count). The maximum absolute atomic E-state index is 11.9. The van der Waals surface area contributed by atoms with Gasteiger partial charge in [0.25, 0.3) is 0 Å². The zero-order valence-corrected chi connectivity index (χ0v) is 10.1. The molecule has 0 aliphatic carbocycles. The summed E-state index contributed by atoms with van der Waals surface area (Å²) in [5.41, 5.74) is 0. The third-order valence-electron chi connectivity index (χ3n) is 1.26. The molecular weight excluding hydrogens is 201 g/mol. The Balaban J connectivity index is 0. The van der Waals surface area contributed by atoms with E-state index >= 15 is 0 Å². The van der Waals surface area contributed by atoms with E-state index in [1.54, 1.807) is 0 Å². The minimum absolute atomic E-state index is 0. The largest absolute Gasteiger partial charge is 1.00 e. The van der Waals surface area contributed by atoms with Crippen molar-refractivity contribution in [2.45, 2.75) is 6.08 Å². The Morgan fingerprint density at radius 1 is 1.25 bits per heavy atom. The van der Waals surface area contributed by atoms with Crippen LogP contribution in [0.1, 0.15) is 0 Å². The molecule has 0 unspecified atom stereocenters. The van der Waals surface area contributed by atoms with E-state index in [1.807, 2.05) is 0 Å². The van der Waals surface area contributed by atoms with Gasteiger partial charge in [-0.3, -0.25) is 0 Å². The predicted octanol–water partition coefficient (Wildman–Crippen LogP) is -2.11. The average Bonchev–Trinajstić information content (AvgIpc) is 1.90. The van der Waals surface area contributed by atoms with Crippen molar-refractivity contribution >= 4 is 6.55 Å². The molecule has 12 heavy (non-hydrogen) atoms. The summed E-state index contributed by atoms with van der Waals surface area (Å²) in [6.07, 6.45) is -4.78. The second-order valence-corrected chi connectivity index (χ2v) is 1.85. The molecule has 3 nitrogen and oxygen atoms in total. The van der Waals surface area contributed by atoms with Gasteiger partial charge in [0.2, 0.25) is 0 Å². The maximum atomic E-state index is 11.9. The first-order chi connectivity index (χ1) is 4.93. The quantitative estimate of drug-likeness (QED) is 0.486. The van der Waals surface area contributed by atoms with Gasteiger partial charge in [-0.1, -0.05) is 5.97 Å². The van der Waals surface area contributed by atoms with Gasteiger partial charge in [0, 0.05) is 0 Å². The van der Waals surface area contributed by atoms with Crippen LogP contribution in [0.2, 0.25) is 0 Å². The third kappa shape index (κ3) is 2.99. The Kier molecular flexibility index (Phi) is 7.17. The summed E-state index contributed by atoms with van der Waals surface area (Å²) in [7, 11) is 1.56. The number of hydrogen-bond donors (Lipinski definition) is 0. The zero-order chi connectivity index (χ0) is 9.12. The Morgan fingerprint density at radius 2 is 1.58 bits per heavy atom. The van der Waals surface area contributed by atoms with Crippen LogP contribution in [-0.2, 0) is 9.31 Å². The number of nitriles is 1. The molecule has 0 aromatic rings. The molecule has 0 aliphatic heterocycles. The number of nitrogens with zero attached hydrogens (tertiary/aromatic N) is 1. The molecule has 0 N–H and O–H groups in total. The fourth-order valence-electron chi connectivity index (χ4n) is 0.542. The van der Waals surface area contributed by atoms with Crippen molar-refractivity contribution in [3.05, 3.63) is 0 Å². The minimum atomic E-state index is -4.78. The van der Waals surface area contributed by atoms with Crippen LogP contribution in [-0.4, -0.2) is 26.8 Å². The molecule has 0 bridgehead atoms. The van der Waals surface area contributed by atoms with E-state index in [1.165, 1.54) is 0 Å². The fourth-order valence-corrected chi connectivity index (χ4v) is 0.542. The Morgan fingerprint density at radius 3 is 1.58 bits per heavy atom. The summed E-state index contributed by atoms with van der Waals surface area (Å²) in [5.74, 6) is 0.948. The second-order valence-electron chi connectivity index (χ2n) is 1.85. The van der Waals surface area contributed by atoms with E-state index < -0.39 is 12.6 Å². The van der Waals surface area contributed by atoms with Gasteiger partial charge >= 0.3 is 64.0 Å². The fraction of sp³-hybridized carbons (Fsp3) is 0.750. The molecular formula is C4H6BF3KNO2. The van der Waals surface area contributed by atoms with E-state index in [4.69, 9.17) is 5.26 Å². The summed E-state index contributed by atoms with van der Waals surface area (Å²) < 4.78 is 43.7. The van der Waals surface area contributed by atoms with Crippen LogP contribution in [0.4, 0.5) is 13.2 Å². The Bertz CT molecular complexity index is 176. The van der Waals surface area contributed by atoms with E-state index in [0.29, 0.717) is 0 Å². The molecule has 0 fully saturated rings. The van der Waals surface area contributed by atoms with Crippen LogP contribution in [0, 0.1) is 11.2 Å². The topological polar surface area (TPSA) is 42.2 Å². The molecule has 0 saturated carbocycles. The number of hydrogen-bond acceptors (Lipinski definition) is 3. The number of rotatable bonds is 2. The summed E-state index contributed by atoms with van der Waals surface area (Å²) in [4.78, 5) is 0. The molecule has 0 atom stereocenters. The van der Waals surface area contributed by atoms with Gasteiger partial charge in [-0.2, -0.15) is 0 Å². The van der Waals surface area contributed by atoms with Gasteiger partial charge in [-0.25, -0.2) is 18.4 Å². The smallest absolute Gasteiger partial charge is 0.553 e. The minimum Gasteiger partial charge on any atom is -0.553 e. The van der Waals surface area contributed by atoms with Gasteiger partial charge in [0.1, 0.15) is 0 Å². The van der Waals surface area contributed by atoms with E-state index in [2.05, 4.69) is 9.31 Å². The van der Waals surface area contributed by atoms with Gasteiger partial charge in [-0.05, 0) is 14.2 Å². The molecule has 0 aromatic heterocycles. The summed E-state index contributed by atoms with van der Waals surface area (Å²) in [6, 6.07) is 0. The third-order valence-corrected chi connectivity index (χ3v) is 1.26. The first-order valence-corrected chi connectivity index (χ1v) is 2.66. The van der Waals surface area contributed by atoms with Crippen molar-refractivity contribution < 1.29 is 73.9 Å². The van der Waals surface area contributed by atoms with Crippen LogP contribution in [0.25, 0.3) is 0 Å². The van der Waals surface area contributed by atoms with Crippen LogP contribution in [0.5, 0.6) is 0 Å². The number of alkyl halides is 3. The predicted molar refractivity (Wildman–Crippen MR) is 31.4 cm³/mol. The Labute approximate surface area is 111 Å². The van der Waals surface area contributed by atoms with Crippen LogP contribution in [0.15, 0.2) is 0 Å². The maximum Gasteiger partial charge on any atom is 1.00 e. The molecule has 0 radical (unpaired) electrons. The first-order valence-electron chi connectivity index (χ1n) is 2.66. The van der Waals surface area contributed by atoms with Gasteiger partial charge in [-0.15, -0.1) is 0 Å². The Hall–Kier alpha value is 0.901. The summed E-state index contributed by atoms with van der Waals surface area (Å²) in [6.45, 7) is -3.80. The van der Waals surface area contributed by atoms with Crippen molar-refractivity contribution in [2.75, 3.05) is 14.2 Å². The molecule has 64 valence electrons. The molecule has 0 aromatic carbocycles. The SMILES string of the molecule is CO[B-](C#N)(OC)C(F)(F)F.[K+]. The summed E-state index contributed by atoms with van der Waals surface area (Å²) >= 11 is 0. The van der Waals surface area contributed by atoms with Crippen molar-refractivity contribution in [1.82, 2.24) is 0 Å². The standard InChI is InChI=1S/C4H6BF3NO2.K/c1-10-5(3-9,11-2)4(6,7)8;/h1-2H3;/q-1;+1. The van der Waals surface area contributed by atoms with Crippen LogP contribution in [0.3, 0.4) is 0 Å². The number of halogens is 3. The molecule has 0 spiro atoms. The van der Waals surface area contributed by atoms with E-state index in [0.717, 1.165) is 20.2 Å². The van der Waals surface area contributed by atoms with E-state index in [-0.39, 0.29) is 51.4 Å². The monoisotopic (exact) mass is 207 g/mol. The van der Waals surface area contributed by atoms with Gasteiger partial charge < -0.3 is 9.31 Å². The van der Waals surface area contributed by atoms with Crippen LogP contribution >= 0.6 is 0 Å². The average molecular weight is 207 g/mol. The summed E-state index contributed by atoms with van der Waals surface area (Å²) in [5, 5.41) is 8.12. The van der Waals surface area contributed by atoms with E-state index in [9.17, 15) is 13.2 Å². The van der Waals surface area contributed by atoms with Crippen molar-refractivity contribution in [3.63, 3.8) is 0 Å². The van der Waals surface area contributed by atoms with Crippen molar-refractivity contribution in [2.24, 2.45) is 0 Å². The zero-order valence-electron chi connectivity index (χ0n) is 6.97. The molecule has 0 amide bonds. The normalized spacial score (nSPS) is 11.7. The molecule has 8 heteroatoms. The molecule has 0 saturated heterocycles.